The smallest absolute Gasteiger partial charge is 0.226 e. The average Bonchev–Trinajstić information content (AvgIpc) is 3.03. The Balaban J connectivity index is 1.32. The zero-order valence-electron chi connectivity index (χ0n) is 13.1. The second kappa shape index (κ2) is 5.58. The second-order valence-corrected chi connectivity index (χ2v) is 7.15. The van der Waals surface area contributed by atoms with Crippen LogP contribution < -0.4 is 10.6 Å². The van der Waals surface area contributed by atoms with Crippen molar-refractivity contribution in [3.05, 3.63) is 30.3 Å². The molecule has 22 heavy (non-hydrogen) atoms. The maximum atomic E-state index is 12.8. The third-order valence-electron chi connectivity index (χ3n) is 5.73. The zero-order valence-corrected chi connectivity index (χ0v) is 13.1. The van der Waals surface area contributed by atoms with Crippen molar-refractivity contribution in [1.82, 2.24) is 10.2 Å². The summed E-state index contributed by atoms with van der Waals surface area (Å²) in [6.07, 6.45) is 4.55. The predicted octanol–water partition coefficient (Wildman–Crippen LogP) is 2.09. The van der Waals surface area contributed by atoms with Crippen LogP contribution >= 0.6 is 0 Å². The summed E-state index contributed by atoms with van der Waals surface area (Å²) in [7, 11) is 0. The van der Waals surface area contributed by atoms with Crippen molar-refractivity contribution >= 4 is 11.6 Å². The van der Waals surface area contributed by atoms with Crippen LogP contribution in [0.15, 0.2) is 30.3 Å². The van der Waals surface area contributed by atoms with Gasteiger partial charge in [0.25, 0.3) is 0 Å². The molecule has 1 aliphatic carbocycles. The van der Waals surface area contributed by atoms with Gasteiger partial charge >= 0.3 is 0 Å². The number of carbonyl (C=O) groups excluding carboxylic acids is 1. The van der Waals surface area contributed by atoms with Gasteiger partial charge in [-0.2, -0.15) is 0 Å². The maximum Gasteiger partial charge on any atom is 0.226 e. The molecule has 2 saturated heterocycles. The first kappa shape index (κ1) is 14.1. The summed E-state index contributed by atoms with van der Waals surface area (Å²) in [6.45, 7) is 3.94. The van der Waals surface area contributed by atoms with Crippen LogP contribution in [0, 0.1) is 11.3 Å². The number of carbonyl (C=O) groups is 1. The molecule has 1 aromatic carbocycles. The molecule has 2 unspecified atom stereocenters. The van der Waals surface area contributed by atoms with Gasteiger partial charge in [0.2, 0.25) is 5.91 Å². The van der Waals surface area contributed by atoms with Gasteiger partial charge in [-0.1, -0.05) is 18.2 Å². The van der Waals surface area contributed by atoms with E-state index in [4.69, 9.17) is 0 Å². The first-order valence-electron chi connectivity index (χ1n) is 8.58. The number of hydrogen-bond acceptors (Lipinski definition) is 3. The van der Waals surface area contributed by atoms with Crippen molar-refractivity contribution in [1.29, 1.82) is 0 Å². The molecule has 4 rings (SSSR count). The molecule has 4 heteroatoms. The van der Waals surface area contributed by atoms with Crippen LogP contribution in [0.3, 0.4) is 0 Å². The first-order chi connectivity index (χ1) is 10.8. The van der Waals surface area contributed by atoms with Gasteiger partial charge in [0.15, 0.2) is 0 Å². The van der Waals surface area contributed by atoms with Crippen molar-refractivity contribution in [2.24, 2.45) is 11.3 Å². The highest BCUT2D eigenvalue weighted by Gasteiger charge is 2.58. The van der Waals surface area contributed by atoms with Gasteiger partial charge in [-0.15, -0.1) is 0 Å². The summed E-state index contributed by atoms with van der Waals surface area (Å²) < 4.78 is 0. The van der Waals surface area contributed by atoms with Gasteiger partial charge in [0, 0.05) is 30.7 Å². The Morgan fingerprint density at radius 3 is 2.77 bits per heavy atom. The fourth-order valence-electron chi connectivity index (χ4n) is 4.24. The molecule has 2 atom stereocenters. The van der Waals surface area contributed by atoms with Crippen LogP contribution in [0.1, 0.15) is 25.7 Å². The third kappa shape index (κ3) is 2.60. The van der Waals surface area contributed by atoms with Gasteiger partial charge in [-0.25, -0.2) is 0 Å². The lowest BCUT2D eigenvalue weighted by atomic mass is 9.91. The van der Waals surface area contributed by atoms with E-state index in [1.807, 2.05) is 18.2 Å². The van der Waals surface area contributed by atoms with Gasteiger partial charge in [0.1, 0.15) is 0 Å². The summed E-state index contributed by atoms with van der Waals surface area (Å²) in [5, 5.41) is 6.96. The highest BCUT2D eigenvalue weighted by molar-refractivity contribution is 5.83. The summed E-state index contributed by atoms with van der Waals surface area (Å²) in [5.41, 5.74) is 1.51. The third-order valence-corrected chi connectivity index (χ3v) is 5.73. The van der Waals surface area contributed by atoms with E-state index >= 15 is 0 Å². The maximum absolute atomic E-state index is 12.8. The van der Waals surface area contributed by atoms with Crippen LogP contribution in [-0.4, -0.2) is 43.0 Å². The number of nitrogens with zero attached hydrogens (tertiary/aromatic N) is 1. The topological polar surface area (TPSA) is 44.4 Å². The number of anilines is 1. The first-order valence-corrected chi connectivity index (χ1v) is 8.58. The van der Waals surface area contributed by atoms with E-state index in [2.05, 4.69) is 27.7 Å². The minimum atomic E-state index is 0.310. The van der Waals surface area contributed by atoms with E-state index in [1.54, 1.807) is 0 Å². The molecule has 0 aromatic heterocycles. The summed E-state index contributed by atoms with van der Waals surface area (Å²) in [6, 6.07) is 10.7. The second-order valence-electron chi connectivity index (χ2n) is 7.15. The summed E-state index contributed by atoms with van der Waals surface area (Å²) >= 11 is 0. The van der Waals surface area contributed by atoms with Crippen LogP contribution in [0.2, 0.25) is 0 Å². The molecule has 1 saturated carbocycles. The van der Waals surface area contributed by atoms with E-state index in [-0.39, 0.29) is 0 Å². The van der Waals surface area contributed by atoms with Gasteiger partial charge in [-0.3, -0.25) is 4.79 Å². The Labute approximate surface area is 132 Å². The molecule has 1 aromatic rings. The van der Waals surface area contributed by atoms with Gasteiger partial charge < -0.3 is 15.5 Å². The Kier molecular flexibility index (Phi) is 3.57. The lowest BCUT2D eigenvalue weighted by Gasteiger charge is -2.25. The molecule has 1 spiro atoms. The number of para-hydroxylation sites is 1. The lowest BCUT2D eigenvalue weighted by molar-refractivity contribution is -0.132. The zero-order chi connectivity index (χ0) is 15.0. The predicted molar refractivity (Wildman–Crippen MR) is 87.7 cm³/mol. The highest BCUT2D eigenvalue weighted by atomic mass is 16.2. The van der Waals surface area contributed by atoms with Crippen LogP contribution in [0.5, 0.6) is 0 Å². The normalized spacial score (nSPS) is 29.5. The molecule has 118 valence electrons. The van der Waals surface area contributed by atoms with E-state index in [9.17, 15) is 4.79 Å². The Hall–Kier alpha value is -1.55. The summed E-state index contributed by atoms with van der Waals surface area (Å²) in [4.78, 5) is 14.9. The number of nitrogens with one attached hydrogen (secondary N) is 2. The molecule has 1 amide bonds. The minimum absolute atomic E-state index is 0.310. The molecule has 0 bridgehead atoms. The molecule has 2 aliphatic heterocycles. The molecular weight excluding hydrogens is 274 g/mol. The number of rotatable bonds is 3. The van der Waals surface area contributed by atoms with Crippen LogP contribution in [-0.2, 0) is 4.79 Å². The largest absolute Gasteiger partial charge is 0.380 e. The quantitative estimate of drug-likeness (QED) is 0.898. The molecule has 3 fully saturated rings. The lowest BCUT2D eigenvalue weighted by Crippen LogP contribution is -2.36. The fourth-order valence-corrected chi connectivity index (χ4v) is 4.24. The molecule has 0 radical (unpaired) electrons. The van der Waals surface area contributed by atoms with Crippen molar-refractivity contribution in [2.45, 2.75) is 31.7 Å². The average molecular weight is 299 g/mol. The van der Waals surface area contributed by atoms with Crippen molar-refractivity contribution < 1.29 is 4.79 Å². The number of likely N-dealkylation sites (tertiary alicyclic amines) is 1. The van der Waals surface area contributed by atoms with Gasteiger partial charge in [0.05, 0.1) is 0 Å². The Morgan fingerprint density at radius 2 is 2.00 bits per heavy atom. The van der Waals surface area contributed by atoms with Gasteiger partial charge in [-0.05, 0) is 56.3 Å². The van der Waals surface area contributed by atoms with E-state index in [0.29, 0.717) is 23.3 Å². The van der Waals surface area contributed by atoms with Crippen LogP contribution in [0.25, 0.3) is 0 Å². The number of benzene rings is 1. The van der Waals surface area contributed by atoms with E-state index in [1.165, 1.54) is 12.8 Å². The molecular formula is C18H25N3O. The monoisotopic (exact) mass is 299 g/mol. The molecule has 2 heterocycles. The Bertz CT molecular complexity index is 539. The number of piperidine rings is 1. The Morgan fingerprint density at radius 1 is 1.23 bits per heavy atom. The highest BCUT2D eigenvalue weighted by Crippen LogP contribution is 2.59. The molecule has 2 N–H and O–H groups in total. The van der Waals surface area contributed by atoms with E-state index in [0.717, 1.165) is 44.7 Å². The molecule has 3 aliphatic rings. The number of hydrogen-bond donors (Lipinski definition) is 2. The fraction of sp³-hybridized carbons (Fsp3) is 0.611. The number of amides is 1. The minimum Gasteiger partial charge on any atom is -0.380 e. The summed E-state index contributed by atoms with van der Waals surface area (Å²) in [5.74, 6) is 0.726. The SMILES string of the molecule is O=C(C1CC12CCNCC2)N1CCC(Nc2ccccc2)C1. The van der Waals surface area contributed by atoms with Crippen molar-refractivity contribution in [3.63, 3.8) is 0 Å². The van der Waals surface area contributed by atoms with Crippen molar-refractivity contribution in [2.75, 3.05) is 31.5 Å². The van der Waals surface area contributed by atoms with Crippen LogP contribution in [0.4, 0.5) is 5.69 Å². The van der Waals surface area contributed by atoms with E-state index < -0.39 is 0 Å². The molecule has 4 nitrogen and oxygen atoms in total. The standard InChI is InChI=1S/C18H25N3O/c22-17(16-12-18(16)7-9-19-10-8-18)21-11-6-15(13-21)20-14-4-2-1-3-5-14/h1-5,15-16,19-20H,6-13H2. The van der Waals surface area contributed by atoms with Crippen molar-refractivity contribution in [3.8, 4) is 0 Å².